The van der Waals surface area contributed by atoms with Gasteiger partial charge in [0.25, 0.3) is 0 Å². The zero-order valence-corrected chi connectivity index (χ0v) is 12.1. The Morgan fingerprint density at radius 1 is 1.42 bits per heavy atom. The third-order valence-corrected chi connectivity index (χ3v) is 4.18. The van der Waals surface area contributed by atoms with Crippen molar-refractivity contribution in [1.82, 2.24) is 10.3 Å². The Hall–Kier alpha value is -1.46. The molecule has 0 fully saturated rings. The Labute approximate surface area is 117 Å². The number of carbonyl (C=O) groups excluding carboxylic acids is 1. The summed E-state index contributed by atoms with van der Waals surface area (Å²) in [6.07, 6.45) is 0.756. The molecule has 0 aliphatic rings. The fourth-order valence-electron chi connectivity index (χ4n) is 1.64. The zero-order chi connectivity index (χ0) is 13.9. The van der Waals surface area contributed by atoms with Crippen LogP contribution in [0.5, 0.6) is 0 Å². The number of nitrogens with two attached hydrogens (primary N) is 1. The Morgan fingerprint density at radius 3 is 2.84 bits per heavy atom. The number of hydrogen-bond acceptors (Lipinski definition) is 4. The van der Waals surface area contributed by atoms with Gasteiger partial charge in [0.1, 0.15) is 0 Å². The Morgan fingerprint density at radius 2 is 2.16 bits per heavy atom. The van der Waals surface area contributed by atoms with Gasteiger partial charge < -0.3 is 11.1 Å². The summed E-state index contributed by atoms with van der Waals surface area (Å²) in [5.41, 5.74) is 6.09. The number of amides is 1. The van der Waals surface area contributed by atoms with Crippen molar-refractivity contribution in [3.8, 4) is 0 Å². The number of nitrogens with one attached hydrogen (secondary N) is 1. The molecule has 0 unspecified atom stereocenters. The quantitative estimate of drug-likeness (QED) is 0.877. The highest BCUT2D eigenvalue weighted by Gasteiger charge is 2.25. The monoisotopic (exact) mass is 277 g/mol. The molecule has 1 aromatic heterocycles. The molecule has 0 saturated heterocycles. The summed E-state index contributed by atoms with van der Waals surface area (Å²) in [5, 5.41) is 3.96. The van der Waals surface area contributed by atoms with E-state index in [9.17, 15) is 4.79 Å². The average molecular weight is 277 g/mol. The van der Waals surface area contributed by atoms with Crippen LogP contribution in [0.4, 0.5) is 0 Å². The second-order valence-electron chi connectivity index (χ2n) is 5.17. The molecule has 19 heavy (non-hydrogen) atoms. The van der Waals surface area contributed by atoms with Gasteiger partial charge in [-0.05, 0) is 26.0 Å². The van der Waals surface area contributed by atoms with E-state index in [2.05, 4.69) is 16.4 Å². The smallest absolute Gasteiger partial charge is 0.226 e. The Kier molecular flexibility index (Phi) is 4.17. The van der Waals surface area contributed by atoms with Crippen LogP contribution < -0.4 is 11.1 Å². The van der Waals surface area contributed by atoms with Crippen LogP contribution in [0.3, 0.4) is 0 Å². The molecule has 0 aliphatic heterocycles. The standard InChI is InChI=1S/C14H19N3OS/c1-14(2,9-15)13(18)16-8-7-12-17-10-5-3-4-6-11(10)19-12/h3-6H,7-9,15H2,1-2H3,(H,16,18). The Balaban J connectivity index is 1.91. The molecule has 3 N–H and O–H groups in total. The minimum atomic E-state index is -0.506. The predicted octanol–water partition coefficient (Wildman–Crippen LogP) is 1.94. The van der Waals surface area contributed by atoms with Crippen LogP contribution >= 0.6 is 11.3 Å². The van der Waals surface area contributed by atoms with Gasteiger partial charge in [-0.2, -0.15) is 0 Å². The highest BCUT2D eigenvalue weighted by atomic mass is 32.1. The van der Waals surface area contributed by atoms with E-state index >= 15 is 0 Å². The molecular weight excluding hydrogens is 258 g/mol. The molecule has 1 aromatic carbocycles. The molecule has 0 atom stereocenters. The van der Waals surface area contributed by atoms with Crippen molar-refractivity contribution in [3.05, 3.63) is 29.3 Å². The van der Waals surface area contributed by atoms with Gasteiger partial charge in [-0.1, -0.05) is 12.1 Å². The number of nitrogens with zero attached hydrogens (tertiary/aromatic N) is 1. The van der Waals surface area contributed by atoms with E-state index in [4.69, 9.17) is 5.73 Å². The fraction of sp³-hybridized carbons (Fsp3) is 0.429. The number of hydrogen-bond donors (Lipinski definition) is 2. The van der Waals surface area contributed by atoms with Gasteiger partial charge in [-0.15, -0.1) is 11.3 Å². The van der Waals surface area contributed by atoms with Gasteiger partial charge in [0.15, 0.2) is 0 Å². The maximum Gasteiger partial charge on any atom is 0.226 e. The van der Waals surface area contributed by atoms with Crippen molar-refractivity contribution in [2.75, 3.05) is 13.1 Å². The van der Waals surface area contributed by atoms with Crippen molar-refractivity contribution in [2.24, 2.45) is 11.1 Å². The van der Waals surface area contributed by atoms with Crippen molar-refractivity contribution in [1.29, 1.82) is 0 Å². The largest absolute Gasteiger partial charge is 0.355 e. The fourth-order valence-corrected chi connectivity index (χ4v) is 2.61. The summed E-state index contributed by atoms with van der Waals surface area (Å²) in [4.78, 5) is 16.4. The SMILES string of the molecule is CC(C)(CN)C(=O)NCCc1nc2ccccc2s1. The minimum Gasteiger partial charge on any atom is -0.355 e. The summed E-state index contributed by atoms with van der Waals surface area (Å²) in [6, 6.07) is 8.06. The lowest BCUT2D eigenvalue weighted by Gasteiger charge is -2.20. The highest BCUT2D eigenvalue weighted by Crippen LogP contribution is 2.21. The number of carbonyl (C=O) groups is 1. The van der Waals surface area contributed by atoms with Crippen LogP contribution in [0, 0.1) is 5.41 Å². The summed E-state index contributed by atoms with van der Waals surface area (Å²) < 4.78 is 1.19. The van der Waals surface area contributed by atoms with Gasteiger partial charge in [-0.25, -0.2) is 4.98 Å². The van der Waals surface area contributed by atoms with Crippen LogP contribution in [0.25, 0.3) is 10.2 Å². The predicted molar refractivity (Wildman–Crippen MR) is 79.2 cm³/mol. The molecule has 1 amide bonds. The molecule has 0 aliphatic carbocycles. The van der Waals surface area contributed by atoms with Crippen LogP contribution in [0.2, 0.25) is 0 Å². The van der Waals surface area contributed by atoms with Crippen molar-refractivity contribution in [3.63, 3.8) is 0 Å². The van der Waals surface area contributed by atoms with E-state index in [-0.39, 0.29) is 5.91 Å². The third kappa shape index (κ3) is 3.30. The van der Waals surface area contributed by atoms with E-state index in [1.165, 1.54) is 4.70 Å². The van der Waals surface area contributed by atoms with Gasteiger partial charge in [0.2, 0.25) is 5.91 Å². The van der Waals surface area contributed by atoms with Crippen LogP contribution in [-0.2, 0) is 11.2 Å². The zero-order valence-electron chi connectivity index (χ0n) is 11.3. The van der Waals surface area contributed by atoms with E-state index in [0.29, 0.717) is 13.1 Å². The molecule has 0 bridgehead atoms. The van der Waals surface area contributed by atoms with E-state index in [1.807, 2.05) is 32.0 Å². The maximum atomic E-state index is 11.9. The second-order valence-corrected chi connectivity index (χ2v) is 6.28. The van der Waals surface area contributed by atoms with Crippen molar-refractivity contribution < 1.29 is 4.79 Å². The van der Waals surface area contributed by atoms with Gasteiger partial charge in [0, 0.05) is 19.5 Å². The number of thiazole rings is 1. The van der Waals surface area contributed by atoms with Crippen LogP contribution in [-0.4, -0.2) is 24.0 Å². The molecule has 1 heterocycles. The van der Waals surface area contributed by atoms with Crippen molar-refractivity contribution in [2.45, 2.75) is 20.3 Å². The first-order valence-corrected chi connectivity index (χ1v) is 7.17. The first-order valence-electron chi connectivity index (χ1n) is 6.36. The van der Waals surface area contributed by atoms with Gasteiger partial charge in [-0.3, -0.25) is 4.79 Å². The second kappa shape index (κ2) is 5.67. The first-order chi connectivity index (χ1) is 9.03. The molecule has 0 saturated carbocycles. The molecule has 0 spiro atoms. The Bertz CT molecular complexity index is 544. The van der Waals surface area contributed by atoms with E-state index in [0.717, 1.165) is 16.9 Å². The van der Waals surface area contributed by atoms with E-state index < -0.39 is 5.41 Å². The lowest BCUT2D eigenvalue weighted by Crippen LogP contribution is -2.42. The molecule has 0 radical (unpaired) electrons. The third-order valence-electron chi connectivity index (χ3n) is 3.09. The summed E-state index contributed by atoms with van der Waals surface area (Å²) >= 11 is 1.68. The summed E-state index contributed by atoms with van der Waals surface area (Å²) in [6.45, 7) is 4.64. The molecule has 5 heteroatoms. The maximum absolute atomic E-state index is 11.9. The number of benzene rings is 1. The van der Waals surface area contributed by atoms with Gasteiger partial charge in [0.05, 0.1) is 20.6 Å². The normalized spacial score (nSPS) is 11.7. The molecular formula is C14H19N3OS. The lowest BCUT2D eigenvalue weighted by atomic mass is 9.93. The molecule has 4 nitrogen and oxygen atoms in total. The number of para-hydroxylation sites is 1. The number of fused-ring (bicyclic) bond motifs is 1. The van der Waals surface area contributed by atoms with Crippen molar-refractivity contribution >= 4 is 27.5 Å². The van der Waals surface area contributed by atoms with Crippen LogP contribution in [0.1, 0.15) is 18.9 Å². The lowest BCUT2D eigenvalue weighted by molar-refractivity contribution is -0.128. The summed E-state index contributed by atoms with van der Waals surface area (Å²) in [5.74, 6) is -0.00360. The van der Waals surface area contributed by atoms with E-state index in [1.54, 1.807) is 11.3 Å². The number of aromatic nitrogens is 1. The minimum absolute atomic E-state index is 0.00360. The molecule has 2 rings (SSSR count). The van der Waals surface area contributed by atoms with Gasteiger partial charge >= 0.3 is 0 Å². The highest BCUT2D eigenvalue weighted by molar-refractivity contribution is 7.18. The number of rotatable bonds is 5. The average Bonchev–Trinajstić information content (AvgIpc) is 2.81. The molecule has 2 aromatic rings. The first kappa shape index (κ1) is 14.0. The summed E-state index contributed by atoms with van der Waals surface area (Å²) in [7, 11) is 0. The topological polar surface area (TPSA) is 68.0 Å². The van der Waals surface area contributed by atoms with Crippen LogP contribution in [0.15, 0.2) is 24.3 Å². The molecule has 102 valence electrons.